The van der Waals surface area contributed by atoms with Gasteiger partial charge in [-0.2, -0.15) is 0 Å². The van der Waals surface area contributed by atoms with Crippen LogP contribution >= 0.6 is 15.9 Å². The molecule has 1 fully saturated rings. The molecule has 1 aliphatic heterocycles. The second-order valence-corrected chi connectivity index (χ2v) is 6.63. The van der Waals surface area contributed by atoms with Crippen molar-refractivity contribution in [2.75, 3.05) is 20.1 Å². The van der Waals surface area contributed by atoms with Gasteiger partial charge in [-0.1, -0.05) is 6.07 Å². The first-order chi connectivity index (χ1) is 11.0. The molecule has 5 nitrogen and oxygen atoms in total. The summed E-state index contributed by atoms with van der Waals surface area (Å²) < 4.78 is 14.0. The number of carbonyl (C=O) groups is 1. The Balaban J connectivity index is 1.94. The van der Waals surface area contributed by atoms with Crippen LogP contribution < -0.4 is 11.1 Å². The predicted molar refractivity (Wildman–Crippen MR) is 92.4 cm³/mol. The summed E-state index contributed by atoms with van der Waals surface area (Å²) in [4.78, 5) is 17.5. The van der Waals surface area contributed by atoms with E-state index in [9.17, 15) is 9.18 Å². The average molecular weight is 385 g/mol. The number of nitrogens with zero attached hydrogens (tertiary/aromatic N) is 2. The SMILES string of the molecule is CN=C(NCc1ccc(Br)c(F)c1)N1CCCC(CC(N)=O)C1. The molecule has 0 aliphatic carbocycles. The van der Waals surface area contributed by atoms with Gasteiger partial charge in [-0.05, 0) is 52.4 Å². The fourth-order valence-electron chi connectivity index (χ4n) is 2.87. The van der Waals surface area contributed by atoms with Gasteiger partial charge in [0.25, 0.3) is 0 Å². The maximum atomic E-state index is 13.6. The monoisotopic (exact) mass is 384 g/mol. The molecule has 0 bridgehead atoms. The molecule has 0 radical (unpaired) electrons. The van der Waals surface area contributed by atoms with E-state index in [2.05, 4.69) is 31.1 Å². The van der Waals surface area contributed by atoms with Gasteiger partial charge in [0.15, 0.2) is 5.96 Å². The molecule has 1 heterocycles. The highest BCUT2D eigenvalue weighted by Gasteiger charge is 2.23. The first-order valence-electron chi connectivity index (χ1n) is 7.67. The fourth-order valence-corrected chi connectivity index (χ4v) is 3.12. The molecule has 1 unspecified atom stereocenters. The summed E-state index contributed by atoms with van der Waals surface area (Å²) in [6.45, 7) is 2.15. The van der Waals surface area contributed by atoms with Crippen molar-refractivity contribution in [1.29, 1.82) is 0 Å². The number of piperidine rings is 1. The molecule has 1 aromatic rings. The summed E-state index contributed by atoms with van der Waals surface area (Å²) in [6, 6.07) is 5.05. The number of hydrogen-bond acceptors (Lipinski definition) is 2. The zero-order valence-electron chi connectivity index (χ0n) is 13.2. The number of guanidine groups is 1. The second kappa shape index (κ2) is 8.29. The number of primary amides is 1. The third kappa shape index (κ3) is 5.20. The zero-order chi connectivity index (χ0) is 16.8. The largest absolute Gasteiger partial charge is 0.370 e. The molecule has 1 atom stereocenters. The van der Waals surface area contributed by atoms with Crippen molar-refractivity contribution < 1.29 is 9.18 Å². The maximum Gasteiger partial charge on any atom is 0.217 e. The Morgan fingerprint density at radius 2 is 2.35 bits per heavy atom. The minimum Gasteiger partial charge on any atom is -0.370 e. The Morgan fingerprint density at radius 3 is 3.00 bits per heavy atom. The third-order valence-electron chi connectivity index (χ3n) is 3.95. The van der Waals surface area contributed by atoms with Crippen LogP contribution in [-0.4, -0.2) is 36.9 Å². The normalized spacial score (nSPS) is 18.8. The van der Waals surface area contributed by atoms with Gasteiger partial charge in [0.05, 0.1) is 4.47 Å². The van der Waals surface area contributed by atoms with Gasteiger partial charge in [-0.25, -0.2) is 4.39 Å². The summed E-state index contributed by atoms with van der Waals surface area (Å²) in [5.41, 5.74) is 6.14. The Bertz CT molecular complexity index is 593. The molecule has 1 aliphatic rings. The van der Waals surface area contributed by atoms with E-state index in [0.29, 0.717) is 17.4 Å². The van der Waals surface area contributed by atoms with Crippen molar-refractivity contribution in [2.24, 2.45) is 16.6 Å². The van der Waals surface area contributed by atoms with Crippen LogP contribution in [0, 0.1) is 11.7 Å². The lowest BCUT2D eigenvalue weighted by atomic mass is 9.95. The molecule has 1 amide bonds. The number of rotatable bonds is 4. The van der Waals surface area contributed by atoms with Crippen molar-refractivity contribution in [3.63, 3.8) is 0 Å². The number of carbonyl (C=O) groups excluding carboxylic acids is 1. The molecule has 126 valence electrons. The fraction of sp³-hybridized carbons (Fsp3) is 0.500. The molecular weight excluding hydrogens is 363 g/mol. The van der Waals surface area contributed by atoms with E-state index in [0.717, 1.165) is 37.5 Å². The highest BCUT2D eigenvalue weighted by atomic mass is 79.9. The smallest absolute Gasteiger partial charge is 0.217 e. The summed E-state index contributed by atoms with van der Waals surface area (Å²) in [5, 5.41) is 3.25. The molecule has 23 heavy (non-hydrogen) atoms. The van der Waals surface area contributed by atoms with Crippen LogP contribution in [0.15, 0.2) is 27.7 Å². The summed E-state index contributed by atoms with van der Waals surface area (Å²) in [7, 11) is 1.72. The first kappa shape index (κ1) is 17.7. The molecule has 2 rings (SSSR count). The van der Waals surface area contributed by atoms with Gasteiger partial charge < -0.3 is 16.0 Å². The Kier molecular flexibility index (Phi) is 6.38. The molecule has 1 saturated heterocycles. The van der Waals surface area contributed by atoms with Gasteiger partial charge in [0.1, 0.15) is 5.82 Å². The Morgan fingerprint density at radius 1 is 1.57 bits per heavy atom. The summed E-state index contributed by atoms with van der Waals surface area (Å²) in [6.07, 6.45) is 2.42. The number of hydrogen-bond donors (Lipinski definition) is 2. The second-order valence-electron chi connectivity index (χ2n) is 5.77. The van der Waals surface area contributed by atoms with E-state index in [4.69, 9.17) is 5.73 Å². The summed E-state index contributed by atoms with van der Waals surface area (Å²) in [5.74, 6) is 0.497. The zero-order valence-corrected chi connectivity index (χ0v) is 14.8. The topological polar surface area (TPSA) is 70.7 Å². The molecule has 0 saturated carbocycles. The van der Waals surface area contributed by atoms with E-state index < -0.39 is 0 Å². The third-order valence-corrected chi connectivity index (χ3v) is 4.60. The Hall–Kier alpha value is -1.63. The number of amides is 1. The lowest BCUT2D eigenvalue weighted by Gasteiger charge is -2.34. The van der Waals surface area contributed by atoms with E-state index in [1.54, 1.807) is 13.1 Å². The van der Waals surface area contributed by atoms with Crippen LogP contribution in [0.2, 0.25) is 0 Å². The van der Waals surface area contributed by atoms with Crippen molar-refractivity contribution in [3.8, 4) is 0 Å². The minimum atomic E-state index is -0.279. The van der Waals surface area contributed by atoms with E-state index in [1.807, 2.05) is 6.07 Å². The number of likely N-dealkylation sites (tertiary alicyclic amines) is 1. The standard InChI is InChI=1S/C16H22BrFN4O/c1-20-16(21-9-11-4-5-13(17)14(18)7-11)22-6-2-3-12(10-22)8-15(19)23/h4-5,7,12H,2-3,6,8-10H2,1H3,(H2,19,23)(H,20,21). The maximum absolute atomic E-state index is 13.6. The van der Waals surface area contributed by atoms with Crippen molar-refractivity contribution >= 4 is 27.8 Å². The molecule has 3 N–H and O–H groups in total. The van der Waals surface area contributed by atoms with Gasteiger partial charge >= 0.3 is 0 Å². The van der Waals surface area contributed by atoms with Crippen LogP contribution in [0.5, 0.6) is 0 Å². The van der Waals surface area contributed by atoms with Crippen LogP contribution in [0.3, 0.4) is 0 Å². The van der Waals surface area contributed by atoms with Crippen molar-refractivity contribution in [2.45, 2.75) is 25.8 Å². The van der Waals surface area contributed by atoms with Crippen LogP contribution in [0.4, 0.5) is 4.39 Å². The molecule has 1 aromatic carbocycles. The molecule has 7 heteroatoms. The summed E-state index contributed by atoms with van der Waals surface area (Å²) >= 11 is 3.15. The van der Waals surface area contributed by atoms with E-state index in [-0.39, 0.29) is 17.6 Å². The molecular formula is C16H22BrFN4O. The number of aliphatic imine (C=N–C) groups is 1. The predicted octanol–water partition coefficient (Wildman–Crippen LogP) is 2.25. The average Bonchev–Trinajstić information content (AvgIpc) is 2.51. The number of halogens is 2. The van der Waals surface area contributed by atoms with Gasteiger partial charge in [0, 0.05) is 33.1 Å². The minimum absolute atomic E-state index is 0.259. The first-order valence-corrected chi connectivity index (χ1v) is 8.46. The molecule has 0 aromatic heterocycles. The van der Waals surface area contributed by atoms with Crippen LogP contribution in [0.1, 0.15) is 24.8 Å². The Labute approximate surface area is 144 Å². The number of benzene rings is 1. The van der Waals surface area contributed by atoms with E-state index in [1.165, 1.54) is 6.07 Å². The molecule has 0 spiro atoms. The van der Waals surface area contributed by atoms with Gasteiger partial charge in [-0.3, -0.25) is 9.79 Å². The van der Waals surface area contributed by atoms with Gasteiger partial charge in [0.2, 0.25) is 5.91 Å². The quantitative estimate of drug-likeness (QED) is 0.617. The van der Waals surface area contributed by atoms with Crippen LogP contribution in [0.25, 0.3) is 0 Å². The van der Waals surface area contributed by atoms with Crippen molar-refractivity contribution in [1.82, 2.24) is 10.2 Å². The lowest BCUT2D eigenvalue weighted by molar-refractivity contribution is -0.119. The lowest BCUT2D eigenvalue weighted by Crippen LogP contribution is -2.46. The van der Waals surface area contributed by atoms with Crippen LogP contribution in [-0.2, 0) is 11.3 Å². The number of nitrogens with two attached hydrogens (primary N) is 1. The highest BCUT2D eigenvalue weighted by Crippen LogP contribution is 2.20. The van der Waals surface area contributed by atoms with Crippen molar-refractivity contribution in [3.05, 3.63) is 34.1 Å². The van der Waals surface area contributed by atoms with E-state index >= 15 is 0 Å². The number of nitrogens with one attached hydrogen (secondary N) is 1. The van der Waals surface area contributed by atoms with Gasteiger partial charge in [-0.15, -0.1) is 0 Å². The highest BCUT2D eigenvalue weighted by molar-refractivity contribution is 9.10.